The van der Waals surface area contributed by atoms with Crippen LogP contribution in [0.15, 0.2) is 27.6 Å². The quantitative estimate of drug-likeness (QED) is 0.851. The highest BCUT2D eigenvalue weighted by Gasteiger charge is 2.24. The molecule has 102 valence electrons. The molecule has 0 aromatic heterocycles. The summed E-state index contributed by atoms with van der Waals surface area (Å²) in [5.41, 5.74) is 0. The Balaban J connectivity index is 0.00000162. The molecular formula is C10H13BrCl2N2O2S. The summed E-state index contributed by atoms with van der Waals surface area (Å²) in [6.07, 6.45) is 0.796. The van der Waals surface area contributed by atoms with Crippen molar-refractivity contribution in [2.45, 2.75) is 17.4 Å². The summed E-state index contributed by atoms with van der Waals surface area (Å²) in [6, 6.07) is 4.72. The summed E-state index contributed by atoms with van der Waals surface area (Å²) in [5.74, 6) is 0. The fourth-order valence-electron chi connectivity index (χ4n) is 1.72. The molecule has 4 nitrogen and oxygen atoms in total. The van der Waals surface area contributed by atoms with E-state index in [-0.39, 0.29) is 28.4 Å². The smallest absolute Gasteiger partial charge is 0.242 e. The molecule has 0 spiro atoms. The van der Waals surface area contributed by atoms with Crippen molar-refractivity contribution in [1.82, 2.24) is 10.0 Å². The lowest BCUT2D eigenvalue weighted by atomic mass is 10.3. The zero-order valence-electron chi connectivity index (χ0n) is 9.32. The molecule has 1 heterocycles. The van der Waals surface area contributed by atoms with Crippen LogP contribution in [0.25, 0.3) is 0 Å². The van der Waals surface area contributed by atoms with Gasteiger partial charge in [0.1, 0.15) is 4.90 Å². The minimum absolute atomic E-state index is 0. The Bertz CT molecular complexity index is 519. The van der Waals surface area contributed by atoms with Crippen molar-refractivity contribution in [2.75, 3.05) is 13.1 Å². The van der Waals surface area contributed by atoms with Gasteiger partial charge in [-0.1, -0.05) is 27.5 Å². The van der Waals surface area contributed by atoms with Crippen LogP contribution in [-0.2, 0) is 10.0 Å². The topological polar surface area (TPSA) is 58.2 Å². The van der Waals surface area contributed by atoms with Gasteiger partial charge in [-0.3, -0.25) is 0 Å². The van der Waals surface area contributed by atoms with Crippen molar-refractivity contribution in [1.29, 1.82) is 0 Å². The molecule has 8 heteroatoms. The van der Waals surface area contributed by atoms with Gasteiger partial charge in [-0.25, -0.2) is 13.1 Å². The third-order valence-corrected chi connectivity index (χ3v) is 5.06. The van der Waals surface area contributed by atoms with Crippen LogP contribution in [0.1, 0.15) is 6.42 Å². The van der Waals surface area contributed by atoms with E-state index in [9.17, 15) is 8.42 Å². The second-order valence-corrected chi connectivity index (χ2v) is 6.89. The van der Waals surface area contributed by atoms with E-state index in [1.165, 1.54) is 6.07 Å². The third kappa shape index (κ3) is 3.82. The molecule has 1 atom stereocenters. The highest BCUT2D eigenvalue weighted by Crippen LogP contribution is 2.25. The molecule has 0 amide bonds. The van der Waals surface area contributed by atoms with Gasteiger partial charge >= 0.3 is 0 Å². The van der Waals surface area contributed by atoms with Crippen LogP contribution in [0.3, 0.4) is 0 Å². The van der Waals surface area contributed by atoms with Gasteiger partial charge in [-0.15, -0.1) is 12.4 Å². The highest BCUT2D eigenvalue weighted by molar-refractivity contribution is 9.10. The summed E-state index contributed by atoms with van der Waals surface area (Å²) in [5, 5.41) is 3.33. The minimum atomic E-state index is -3.55. The average Bonchev–Trinajstić information content (AvgIpc) is 2.73. The summed E-state index contributed by atoms with van der Waals surface area (Å²) in [4.78, 5) is 0.112. The van der Waals surface area contributed by atoms with Gasteiger partial charge in [0.2, 0.25) is 10.0 Å². The molecule has 1 saturated heterocycles. The highest BCUT2D eigenvalue weighted by atomic mass is 79.9. The van der Waals surface area contributed by atoms with Crippen molar-refractivity contribution in [3.63, 3.8) is 0 Å². The Morgan fingerprint density at radius 1 is 1.44 bits per heavy atom. The summed E-state index contributed by atoms with van der Waals surface area (Å²) in [6.45, 7) is 1.49. The molecule has 1 aliphatic heterocycles. The standard InChI is InChI=1S/C10H12BrClN2O2S.ClH/c11-7-1-2-9(12)10(5-7)17(15,16)14-8-3-4-13-6-8;/h1-2,5,8,13-14H,3-4,6H2;1H. The molecule has 0 saturated carbocycles. The monoisotopic (exact) mass is 374 g/mol. The first-order chi connectivity index (χ1) is 7.99. The first kappa shape index (κ1) is 16.2. The number of hydrogen-bond acceptors (Lipinski definition) is 3. The third-order valence-electron chi connectivity index (χ3n) is 2.56. The fraction of sp³-hybridized carbons (Fsp3) is 0.400. The van der Waals surface area contributed by atoms with Crippen molar-refractivity contribution >= 4 is 50.0 Å². The Morgan fingerprint density at radius 2 is 2.17 bits per heavy atom. The Labute approximate surface area is 126 Å². The Morgan fingerprint density at radius 3 is 2.78 bits per heavy atom. The molecule has 18 heavy (non-hydrogen) atoms. The molecule has 1 unspecified atom stereocenters. The number of halogens is 3. The number of benzene rings is 1. The van der Waals surface area contributed by atoms with Crippen molar-refractivity contribution < 1.29 is 8.42 Å². The first-order valence-electron chi connectivity index (χ1n) is 5.17. The SMILES string of the molecule is Cl.O=S(=O)(NC1CCNC1)c1cc(Br)ccc1Cl. The maximum absolute atomic E-state index is 12.1. The zero-order valence-corrected chi connectivity index (χ0v) is 13.3. The van der Waals surface area contributed by atoms with E-state index in [2.05, 4.69) is 26.0 Å². The van der Waals surface area contributed by atoms with E-state index in [0.717, 1.165) is 13.0 Å². The van der Waals surface area contributed by atoms with Gasteiger partial charge in [0, 0.05) is 17.1 Å². The summed E-state index contributed by atoms with van der Waals surface area (Å²) >= 11 is 9.15. The molecule has 2 rings (SSSR count). The molecule has 0 aliphatic carbocycles. The molecule has 0 radical (unpaired) electrons. The molecule has 1 aromatic rings. The van der Waals surface area contributed by atoms with Gasteiger partial charge in [0.15, 0.2) is 0 Å². The van der Waals surface area contributed by atoms with E-state index in [1.807, 2.05) is 0 Å². The Hall–Kier alpha value is 0.150. The number of rotatable bonds is 3. The second kappa shape index (κ2) is 6.54. The van der Waals surface area contributed by atoms with Crippen molar-refractivity contribution in [2.24, 2.45) is 0 Å². The van der Waals surface area contributed by atoms with Crippen LogP contribution in [-0.4, -0.2) is 27.5 Å². The van der Waals surface area contributed by atoms with Gasteiger partial charge in [0.05, 0.1) is 5.02 Å². The van der Waals surface area contributed by atoms with Gasteiger partial charge in [-0.2, -0.15) is 0 Å². The minimum Gasteiger partial charge on any atom is -0.315 e. The maximum atomic E-state index is 12.1. The molecular weight excluding hydrogens is 363 g/mol. The summed E-state index contributed by atoms with van der Waals surface area (Å²) in [7, 11) is -3.55. The van der Waals surface area contributed by atoms with Crippen LogP contribution in [0.5, 0.6) is 0 Å². The van der Waals surface area contributed by atoms with E-state index in [1.54, 1.807) is 12.1 Å². The van der Waals surface area contributed by atoms with E-state index >= 15 is 0 Å². The molecule has 1 aliphatic rings. The molecule has 2 N–H and O–H groups in total. The molecule has 0 bridgehead atoms. The van der Waals surface area contributed by atoms with Crippen molar-refractivity contribution in [3.8, 4) is 0 Å². The van der Waals surface area contributed by atoms with Crippen LogP contribution in [0, 0.1) is 0 Å². The van der Waals surface area contributed by atoms with Gasteiger partial charge in [-0.05, 0) is 31.2 Å². The normalized spacial score (nSPS) is 19.6. The fourth-order valence-corrected chi connectivity index (χ4v) is 4.03. The number of nitrogens with one attached hydrogen (secondary N) is 2. The lowest BCUT2D eigenvalue weighted by Gasteiger charge is -2.13. The maximum Gasteiger partial charge on any atom is 0.242 e. The van der Waals surface area contributed by atoms with E-state index in [0.29, 0.717) is 11.0 Å². The number of sulfonamides is 1. The molecule has 1 fully saturated rings. The predicted octanol–water partition coefficient (Wildman–Crippen LogP) is 2.16. The first-order valence-corrected chi connectivity index (χ1v) is 7.82. The Kier molecular flexibility index (Phi) is 5.89. The largest absolute Gasteiger partial charge is 0.315 e. The number of hydrogen-bond donors (Lipinski definition) is 2. The second-order valence-electron chi connectivity index (χ2n) is 3.89. The predicted molar refractivity (Wildman–Crippen MR) is 78.0 cm³/mol. The van der Waals surface area contributed by atoms with Crippen LogP contribution >= 0.6 is 39.9 Å². The zero-order chi connectivity index (χ0) is 12.5. The van der Waals surface area contributed by atoms with E-state index in [4.69, 9.17) is 11.6 Å². The van der Waals surface area contributed by atoms with Crippen LogP contribution < -0.4 is 10.0 Å². The molecule has 1 aromatic carbocycles. The van der Waals surface area contributed by atoms with Crippen molar-refractivity contribution in [3.05, 3.63) is 27.7 Å². The van der Waals surface area contributed by atoms with Gasteiger partial charge in [0.25, 0.3) is 0 Å². The van der Waals surface area contributed by atoms with Crippen LogP contribution in [0.4, 0.5) is 0 Å². The van der Waals surface area contributed by atoms with E-state index < -0.39 is 10.0 Å². The van der Waals surface area contributed by atoms with Crippen LogP contribution in [0.2, 0.25) is 5.02 Å². The average molecular weight is 376 g/mol. The lowest BCUT2D eigenvalue weighted by molar-refractivity contribution is 0.560. The van der Waals surface area contributed by atoms with Gasteiger partial charge < -0.3 is 5.32 Å². The summed E-state index contributed by atoms with van der Waals surface area (Å²) < 4.78 is 27.6. The lowest BCUT2D eigenvalue weighted by Crippen LogP contribution is -2.36.